The zero-order chi connectivity index (χ0) is 11.5. The Hall–Kier alpha value is -1.89. The lowest BCUT2D eigenvalue weighted by Gasteiger charge is -1.85. The van der Waals surface area contributed by atoms with Crippen LogP contribution in [0, 0.1) is 0 Å². The summed E-state index contributed by atoms with van der Waals surface area (Å²) in [7, 11) is 0. The number of rotatable bonds is 3. The molecule has 0 aliphatic carbocycles. The molecule has 0 unspecified atom stereocenters. The van der Waals surface area contributed by atoms with E-state index in [4.69, 9.17) is 0 Å². The van der Waals surface area contributed by atoms with E-state index in [2.05, 4.69) is 13.2 Å². The first-order valence-electron chi connectivity index (χ1n) is 4.68. The zero-order valence-corrected chi connectivity index (χ0v) is 9.02. The third kappa shape index (κ3) is 8.44. The Kier molecular flexibility index (Phi) is 7.60. The molecule has 0 bridgehead atoms. The molecule has 0 fully saturated rings. The van der Waals surface area contributed by atoms with Gasteiger partial charge in [-0.1, -0.05) is 61.7 Å². The van der Waals surface area contributed by atoms with Gasteiger partial charge in [-0.3, -0.25) is 4.79 Å². The summed E-state index contributed by atoms with van der Waals surface area (Å²) in [6.07, 6.45) is 6.48. The van der Waals surface area contributed by atoms with Crippen molar-refractivity contribution in [2.45, 2.75) is 6.92 Å². The molecule has 78 valence electrons. The van der Waals surface area contributed by atoms with Crippen molar-refractivity contribution in [1.29, 1.82) is 0 Å². The second kappa shape index (κ2) is 8.70. The first-order valence-corrected chi connectivity index (χ1v) is 4.68. The lowest BCUT2D eigenvalue weighted by atomic mass is 10.2. The summed E-state index contributed by atoms with van der Waals surface area (Å²) in [5.74, 6) is 0.0555. The molecule has 0 saturated heterocycles. The minimum Gasteiger partial charge on any atom is -0.295 e. The second-order valence-corrected chi connectivity index (χ2v) is 2.82. The normalized spacial score (nSPS) is 8.87. The van der Waals surface area contributed by atoms with Gasteiger partial charge in [0.1, 0.15) is 0 Å². The van der Waals surface area contributed by atoms with E-state index >= 15 is 0 Å². The van der Waals surface area contributed by atoms with Gasteiger partial charge in [0.25, 0.3) is 0 Å². The van der Waals surface area contributed by atoms with E-state index in [-0.39, 0.29) is 5.78 Å². The van der Waals surface area contributed by atoms with Gasteiger partial charge in [-0.25, -0.2) is 0 Å². The molecule has 1 rings (SSSR count). The number of carbonyl (C=O) groups is 1. The van der Waals surface area contributed by atoms with E-state index < -0.39 is 0 Å². The quantitative estimate of drug-likeness (QED) is 0.537. The maximum absolute atomic E-state index is 10.1. The summed E-state index contributed by atoms with van der Waals surface area (Å²) in [5, 5.41) is 0. The van der Waals surface area contributed by atoms with E-state index in [1.165, 1.54) is 18.6 Å². The van der Waals surface area contributed by atoms with Crippen molar-refractivity contribution in [3.05, 3.63) is 67.3 Å². The highest BCUT2D eigenvalue weighted by molar-refractivity contribution is 5.87. The van der Waals surface area contributed by atoms with Crippen molar-refractivity contribution in [3.63, 3.8) is 0 Å². The van der Waals surface area contributed by atoms with Gasteiger partial charge in [0.2, 0.25) is 0 Å². The van der Waals surface area contributed by atoms with Crippen LogP contribution in [-0.2, 0) is 4.79 Å². The van der Waals surface area contributed by atoms with Crippen molar-refractivity contribution >= 4 is 11.9 Å². The van der Waals surface area contributed by atoms with Gasteiger partial charge < -0.3 is 0 Å². The summed E-state index contributed by atoms with van der Waals surface area (Å²) in [4.78, 5) is 10.1. The van der Waals surface area contributed by atoms with Crippen LogP contribution in [0.5, 0.6) is 0 Å². The van der Waals surface area contributed by atoms with E-state index in [0.717, 1.165) is 0 Å². The third-order valence-corrected chi connectivity index (χ3v) is 1.50. The van der Waals surface area contributed by atoms with Gasteiger partial charge in [-0.05, 0) is 18.6 Å². The average Bonchev–Trinajstić information content (AvgIpc) is 2.28. The lowest BCUT2D eigenvalue weighted by Crippen LogP contribution is -1.76. The summed E-state index contributed by atoms with van der Waals surface area (Å²) >= 11 is 0. The molecule has 0 saturated carbocycles. The predicted molar refractivity (Wildman–Crippen MR) is 66.6 cm³/mol. The van der Waals surface area contributed by atoms with Crippen LogP contribution < -0.4 is 0 Å². The summed E-state index contributed by atoms with van der Waals surface area (Å²) < 4.78 is 0. The Morgan fingerprint density at radius 3 is 2.07 bits per heavy atom. The van der Waals surface area contributed by atoms with Gasteiger partial charge in [-0.15, -0.1) is 0 Å². The fourth-order valence-corrected chi connectivity index (χ4v) is 0.793. The van der Waals surface area contributed by atoms with Crippen LogP contribution in [0.3, 0.4) is 0 Å². The van der Waals surface area contributed by atoms with Crippen LogP contribution in [0.25, 0.3) is 6.08 Å². The van der Waals surface area contributed by atoms with Crippen LogP contribution in [0.4, 0.5) is 0 Å². The van der Waals surface area contributed by atoms with E-state index in [9.17, 15) is 4.79 Å². The molecule has 1 aromatic carbocycles. The Morgan fingerprint density at radius 1 is 1.20 bits per heavy atom. The molecule has 1 nitrogen and oxygen atoms in total. The SMILES string of the molecule is C=CC=CC(C)=O.C=Cc1ccccc1. The van der Waals surface area contributed by atoms with Gasteiger partial charge in [0.15, 0.2) is 5.78 Å². The molecule has 0 amide bonds. The van der Waals surface area contributed by atoms with Gasteiger partial charge in [0.05, 0.1) is 0 Å². The maximum Gasteiger partial charge on any atom is 0.152 e. The average molecular weight is 200 g/mol. The molecule has 15 heavy (non-hydrogen) atoms. The van der Waals surface area contributed by atoms with Crippen LogP contribution >= 0.6 is 0 Å². The Morgan fingerprint density at radius 2 is 1.80 bits per heavy atom. The van der Waals surface area contributed by atoms with Crippen LogP contribution in [0.1, 0.15) is 12.5 Å². The zero-order valence-electron chi connectivity index (χ0n) is 9.02. The van der Waals surface area contributed by atoms with E-state index in [1.807, 2.05) is 36.4 Å². The minimum absolute atomic E-state index is 0.0555. The van der Waals surface area contributed by atoms with Crippen molar-refractivity contribution in [2.75, 3.05) is 0 Å². The van der Waals surface area contributed by atoms with Crippen LogP contribution in [0.15, 0.2) is 61.7 Å². The highest BCUT2D eigenvalue weighted by Crippen LogP contribution is 1.97. The summed E-state index contributed by atoms with van der Waals surface area (Å²) in [6, 6.07) is 10.0. The van der Waals surface area contributed by atoms with Crippen molar-refractivity contribution in [3.8, 4) is 0 Å². The minimum atomic E-state index is 0.0555. The monoisotopic (exact) mass is 200 g/mol. The maximum atomic E-state index is 10.1. The van der Waals surface area contributed by atoms with Gasteiger partial charge in [0, 0.05) is 0 Å². The highest BCUT2D eigenvalue weighted by Gasteiger charge is 1.76. The van der Waals surface area contributed by atoms with E-state index in [1.54, 1.807) is 12.2 Å². The van der Waals surface area contributed by atoms with Crippen molar-refractivity contribution in [2.24, 2.45) is 0 Å². The highest BCUT2D eigenvalue weighted by atomic mass is 16.1. The second-order valence-electron chi connectivity index (χ2n) is 2.82. The number of benzene rings is 1. The van der Waals surface area contributed by atoms with Crippen LogP contribution in [0.2, 0.25) is 0 Å². The van der Waals surface area contributed by atoms with Crippen molar-refractivity contribution < 1.29 is 4.79 Å². The number of carbonyl (C=O) groups excluding carboxylic acids is 1. The Bertz CT molecular complexity index is 334. The topological polar surface area (TPSA) is 17.1 Å². The standard InChI is InChI=1S/C8H8.C6H8O/c1-2-8-6-4-3-5-7-8;1-3-4-5-6(2)7/h2-7H,1H2;3-5H,1H2,2H3. The molecule has 0 radical (unpaired) electrons. The Labute approximate surface area is 91.4 Å². The molecule has 0 spiro atoms. The molecule has 0 aliphatic heterocycles. The van der Waals surface area contributed by atoms with Crippen LogP contribution in [-0.4, -0.2) is 5.78 Å². The number of hydrogen-bond acceptors (Lipinski definition) is 1. The molecular weight excluding hydrogens is 184 g/mol. The molecular formula is C14H16O. The largest absolute Gasteiger partial charge is 0.295 e. The summed E-state index contributed by atoms with van der Waals surface area (Å²) in [6.45, 7) is 8.52. The number of allylic oxidation sites excluding steroid dienone is 3. The fourth-order valence-electron chi connectivity index (χ4n) is 0.793. The predicted octanol–water partition coefficient (Wildman–Crippen LogP) is 3.65. The molecule has 0 atom stereocenters. The molecule has 0 aromatic heterocycles. The van der Waals surface area contributed by atoms with Gasteiger partial charge in [-0.2, -0.15) is 0 Å². The molecule has 0 aliphatic rings. The Balaban J connectivity index is 0.000000265. The van der Waals surface area contributed by atoms with Crippen molar-refractivity contribution in [1.82, 2.24) is 0 Å². The lowest BCUT2D eigenvalue weighted by molar-refractivity contribution is -0.112. The third-order valence-electron chi connectivity index (χ3n) is 1.50. The molecule has 1 aromatic rings. The first kappa shape index (κ1) is 13.1. The van der Waals surface area contributed by atoms with E-state index in [0.29, 0.717) is 0 Å². The van der Waals surface area contributed by atoms with Gasteiger partial charge >= 0.3 is 0 Å². The summed E-state index contributed by atoms with van der Waals surface area (Å²) in [5.41, 5.74) is 1.17. The fraction of sp³-hybridized carbons (Fsp3) is 0.0714. The molecule has 0 N–H and O–H groups in total. The number of hydrogen-bond donors (Lipinski definition) is 0. The molecule has 1 heteroatoms. The number of ketones is 1. The first-order chi connectivity index (χ1) is 7.20. The smallest absolute Gasteiger partial charge is 0.152 e. The molecule has 0 heterocycles.